The Morgan fingerprint density at radius 2 is 2.29 bits per heavy atom. The summed E-state index contributed by atoms with van der Waals surface area (Å²) in [5, 5.41) is 3.30. The Bertz CT molecular complexity index is 471. The molecule has 1 aliphatic carbocycles. The number of esters is 1. The minimum atomic E-state index is -0.504. The SMILES string of the molecule is COC(=O)[C@]12C[C@H]1c1c(cccc1OC)CN2. The maximum Gasteiger partial charge on any atom is 0.326 e. The van der Waals surface area contributed by atoms with Crippen molar-refractivity contribution in [2.75, 3.05) is 14.2 Å². The average Bonchev–Trinajstić information content (AvgIpc) is 3.13. The number of carbonyl (C=O) groups is 1. The summed E-state index contributed by atoms with van der Waals surface area (Å²) in [5.74, 6) is 0.897. The summed E-state index contributed by atoms with van der Waals surface area (Å²) in [6.45, 7) is 0.693. The van der Waals surface area contributed by atoms with E-state index < -0.39 is 5.54 Å². The molecule has 1 aliphatic heterocycles. The van der Waals surface area contributed by atoms with Gasteiger partial charge in [-0.25, -0.2) is 0 Å². The van der Waals surface area contributed by atoms with Crippen molar-refractivity contribution >= 4 is 5.97 Å². The van der Waals surface area contributed by atoms with E-state index in [2.05, 4.69) is 11.4 Å². The first-order valence-corrected chi connectivity index (χ1v) is 5.72. The molecule has 4 nitrogen and oxygen atoms in total. The molecule has 1 saturated carbocycles. The van der Waals surface area contributed by atoms with Crippen LogP contribution < -0.4 is 10.1 Å². The molecule has 17 heavy (non-hydrogen) atoms. The minimum Gasteiger partial charge on any atom is -0.496 e. The number of hydrogen-bond donors (Lipinski definition) is 1. The molecule has 0 saturated heterocycles. The molecule has 3 rings (SSSR count). The zero-order chi connectivity index (χ0) is 12.0. The largest absolute Gasteiger partial charge is 0.496 e. The summed E-state index contributed by atoms with van der Waals surface area (Å²) in [5.41, 5.74) is 1.88. The number of ether oxygens (including phenoxy) is 2. The van der Waals surface area contributed by atoms with Crippen LogP contribution in [0.5, 0.6) is 5.75 Å². The highest BCUT2D eigenvalue weighted by atomic mass is 16.5. The van der Waals surface area contributed by atoms with Crippen LogP contribution in [0.2, 0.25) is 0 Å². The Morgan fingerprint density at radius 1 is 1.47 bits per heavy atom. The van der Waals surface area contributed by atoms with E-state index in [0.717, 1.165) is 12.2 Å². The number of benzene rings is 1. The summed E-state index contributed by atoms with van der Waals surface area (Å²) < 4.78 is 10.3. The highest BCUT2D eigenvalue weighted by Gasteiger charge is 2.64. The van der Waals surface area contributed by atoms with E-state index in [1.807, 2.05) is 12.1 Å². The van der Waals surface area contributed by atoms with Gasteiger partial charge in [0, 0.05) is 18.0 Å². The van der Waals surface area contributed by atoms with Crippen LogP contribution in [-0.4, -0.2) is 25.7 Å². The maximum atomic E-state index is 11.8. The van der Waals surface area contributed by atoms with Crippen LogP contribution in [0.1, 0.15) is 23.5 Å². The topological polar surface area (TPSA) is 47.6 Å². The molecule has 0 unspecified atom stereocenters. The molecule has 1 N–H and O–H groups in total. The number of nitrogens with one attached hydrogen (secondary N) is 1. The van der Waals surface area contributed by atoms with Crippen LogP contribution in [0, 0.1) is 0 Å². The lowest BCUT2D eigenvalue weighted by atomic mass is 9.95. The molecule has 4 heteroatoms. The average molecular weight is 233 g/mol. The zero-order valence-electron chi connectivity index (χ0n) is 9.95. The normalized spacial score (nSPS) is 28.9. The summed E-state index contributed by atoms with van der Waals surface area (Å²) in [6.07, 6.45) is 0.799. The third-order valence-corrected chi connectivity index (χ3v) is 3.83. The fourth-order valence-corrected chi connectivity index (χ4v) is 2.86. The van der Waals surface area contributed by atoms with E-state index in [-0.39, 0.29) is 11.9 Å². The molecule has 1 fully saturated rings. The smallest absolute Gasteiger partial charge is 0.326 e. The molecule has 1 heterocycles. The maximum absolute atomic E-state index is 11.8. The number of hydrogen-bond acceptors (Lipinski definition) is 4. The predicted molar refractivity (Wildman–Crippen MR) is 61.9 cm³/mol. The summed E-state index contributed by atoms with van der Waals surface area (Å²) in [4.78, 5) is 11.8. The number of methoxy groups -OCH3 is 2. The molecule has 1 aromatic carbocycles. The Kier molecular flexibility index (Phi) is 2.16. The second-order valence-electron chi connectivity index (χ2n) is 4.61. The lowest BCUT2D eigenvalue weighted by Gasteiger charge is -2.25. The molecule has 2 atom stereocenters. The first-order chi connectivity index (χ1) is 8.23. The summed E-state index contributed by atoms with van der Waals surface area (Å²) >= 11 is 0. The van der Waals surface area contributed by atoms with E-state index in [0.29, 0.717) is 6.54 Å². The molecule has 90 valence electrons. The van der Waals surface area contributed by atoms with Gasteiger partial charge in [0.15, 0.2) is 0 Å². The van der Waals surface area contributed by atoms with E-state index in [9.17, 15) is 4.79 Å². The molecular weight excluding hydrogens is 218 g/mol. The second kappa shape index (κ2) is 3.47. The van der Waals surface area contributed by atoms with Gasteiger partial charge in [0.1, 0.15) is 11.3 Å². The second-order valence-corrected chi connectivity index (χ2v) is 4.61. The van der Waals surface area contributed by atoms with Crippen molar-refractivity contribution in [1.82, 2.24) is 5.32 Å². The van der Waals surface area contributed by atoms with Crippen molar-refractivity contribution in [2.24, 2.45) is 0 Å². The summed E-state index contributed by atoms with van der Waals surface area (Å²) in [7, 11) is 3.10. The Hall–Kier alpha value is -1.55. The van der Waals surface area contributed by atoms with Gasteiger partial charge in [-0.2, -0.15) is 0 Å². The van der Waals surface area contributed by atoms with E-state index in [4.69, 9.17) is 9.47 Å². The van der Waals surface area contributed by atoms with Gasteiger partial charge in [0.2, 0.25) is 0 Å². The molecule has 0 radical (unpaired) electrons. The van der Waals surface area contributed by atoms with Crippen molar-refractivity contribution in [3.63, 3.8) is 0 Å². The van der Waals surface area contributed by atoms with Gasteiger partial charge in [0.25, 0.3) is 0 Å². The molecular formula is C13H15NO3. The van der Waals surface area contributed by atoms with Crippen molar-refractivity contribution in [2.45, 2.75) is 24.4 Å². The number of fused-ring (bicyclic) bond motifs is 3. The van der Waals surface area contributed by atoms with Gasteiger partial charge in [-0.05, 0) is 18.1 Å². The fourth-order valence-electron chi connectivity index (χ4n) is 2.86. The molecule has 1 aromatic rings. The van der Waals surface area contributed by atoms with Crippen LogP contribution in [-0.2, 0) is 16.1 Å². The lowest BCUT2D eigenvalue weighted by molar-refractivity contribution is -0.144. The monoisotopic (exact) mass is 233 g/mol. The highest BCUT2D eigenvalue weighted by molar-refractivity contribution is 5.88. The Morgan fingerprint density at radius 3 is 3.00 bits per heavy atom. The predicted octanol–water partition coefficient (Wildman–Crippen LogP) is 1.20. The lowest BCUT2D eigenvalue weighted by Crippen LogP contribution is -2.43. The molecule has 0 aromatic heterocycles. The van der Waals surface area contributed by atoms with Crippen molar-refractivity contribution in [3.05, 3.63) is 29.3 Å². The quantitative estimate of drug-likeness (QED) is 0.780. The van der Waals surface area contributed by atoms with Gasteiger partial charge in [-0.1, -0.05) is 12.1 Å². The third-order valence-electron chi connectivity index (χ3n) is 3.83. The van der Waals surface area contributed by atoms with Gasteiger partial charge in [-0.3, -0.25) is 10.1 Å². The van der Waals surface area contributed by atoms with Crippen molar-refractivity contribution in [1.29, 1.82) is 0 Å². The molecule has 2 aliphatic rings. The molecule has 0 amide bonds. The van der Waals surface area contributed by atoms with Crippen LogP contribution in [0.25, 0.3) is 0 Å². The first-order valence-electron chi connectivity index (χ1n) is 5.72. The number of rotatable bonds is 2. The third kappa shape index (κ3) is 1.30. The van der Waals surface area contributed by atoms with Crippen LogP contribution in [0.3, 0.4) is 0 Å². The van der Waals surface area contributed by atoms with Gasteiger partial charge >= 0.3 is 5.97 Å². The standard InChI is InChI=1S/C13H15NO3/c1-16-10-5-3-4-8-7-14-13(12(15)17-2)6-9(13)11(8)10/h3-5,9,14H,6-7H2,1-2H3/t9-,13-/m0/s1. The summed E-state index contributed by atoms with van der Waals surface area (Å²) in [6, 6.07) is 6.00. The Balaban J connectivity index is 2.03. The van der Waals surface area contributed by atoms with E-state index in [1.54, 1.807) is 7.11 Å². The van der Waals surface area contributed by atoms with Crippen molar-refractivity contribution in [3.8, 4) is 5.75 Å². The fraction of sp³-hybridized carbons (Fsp3) is 0.462. The minimum absolute atomic E-state index is 0.168. The molecule has 0 spiro atoms. The zero-order valence-corrected chi connectivity index (χ0v) is 9.95. The highest BCUT2D eigenvalue weighted by Crippen LogP contribution is 2.57. The molecule has 0 bridgehead atoms. The Labute approximate surface area is 99.9 Å². The van der Waals surface area contributed by atoms with E-state index in [1.165, 1.54) is 18.2 Å². The number of carbonyl (C=O) groups excluding carboxylic acids is 1. The van der Waals surface area contributed by atoms with Crippen LogP contribution >= 0.6 is 0 Å². The van der Waals surface area contributed by atoms with Gasteiger partial charge < -0.3 is 9.47 Å². The van der Waals surface area contributed by atoms with Crippen molar-refractivity contribution < 1.29 is 14.3 Å². The van der Waals surface area contributed by atoms with E-state index >= 15 is 0 Å². The van der Waals surface area contributed by atoms with Gasteiger partial charge in [-0.15, -0.1) is 0 Å². The van der Waals surface area contributed by atoms with Crippen LogP contribution in [0.15, 0.2) is 18.2 Å². The van der Waals surface area contributed by atoms with Gasteiger partial charge in [0.05, 0.1) is 14.2 Å². The first kappa shape index (κ1) is 10.6. The van der Waals surface area contributed by atoms with Crippen LogP contribution in [0.4, 0.5) is 0 Å².